The molecule has 14 heteroatoms. The fourth-order valence-electron chi connectivity index (χ4n) is 4.00. The van der Waals surface area contributed by atoms with Crippen molar-refractivity contribution >= 4 is 19.2 Å². The number of hydrogen-bond donors (Lipinski definition) is 4. The maximum atomic E-state index is 12.5. The lowest BCUT2D eigenvalue weighted by molar-refractivity contribution is -0.0657. The van der Waals surface area contributed by atoms with Crippen LogP contribution in [0.4, 0.5) is 5.82 Å². The molecule has 1 saturated heterocycles. The predicted molar refractivity (Wildman–Crippen MR) is 129 cm³/mol. The molecule has 1 aromatic carbocycles. The number of ether oxygens (including phenoxy) is 2. The van der Waals surface area contributed by atoms with Gasteiger partial charge in [-0.15, -0.1) is 0 Å². The van der Waals surface area contributed by atoms with E-state index in [1.54, 1.807) is 0 Å². The summed E-state index contributed by atoms with van der Waals surface area (Å²) < 4.78 is 35.3. The van der Waals surface area contributed by atoms with Gasteiger partial charge in [-0.2, -0.15) is 10.4 Å². The molecule has 0 saturated carbocycles. The fraction of sp³-hybridized carbons (Fsp3) is 0.435. The normalized spacial score (nSPS) is 26.1. The Hall–Kier alpha value is -2.92. The number of benzene rings is 1. The molecule has 4 rings (SSSR count). The largest absolute Gasteiger partial charge is 0.472 e. The van der Waals surface area contributed by atoms with Gasteiger partial charge in [0.2, 0.25) is 5.60 Å². The van der Waals surface area contributed by atoms with Crippen molar-refractivity contribution < 1.29 is 38.2 Å². The van der Waals surface area contributed by atoms with Crippen LogP contribution in [0.15, 0.2) is 48.8 Å². The zero-order chi connectivity index (χ0) is 26.6. The first-order valence-electron chi connectivity index (χ1n) is 11.5. The van der Waals surface area contributed by atoms with Crippen LogP contribution in [0.2, 0.25) is 0 Å². The van der Waals surface area contributed by atoms with Gasteiger partial charge in [0.15, 0.2) is 5.82 Å². The topological polar surface area (TPSA) is 195 Å². The maximum absolute atomic E-state index is 12.5. The minimum Gasteiger partial charge on any atom is -0.387 e. The van der Waals surface area contributed by atoms with Gasteiger partial charge >= 0.3 is 7.82 Å². The molecule has 1 fully saturated rings. The van der Waals surface area contributed by atoms with Crippen molar-refractivity contribution in [2.75, 3.05) is 18.9 Å². The first kappa shape index (κ1) is 27.1. The highest BCUT2D eigenvalue weighted by Crippen LogP contribution is 2.46. The summed E-state index contributed by atoms with van der Waals surface area (Å²) in [6.07, 6.45) is -3.46. The Kier molecular flexibility index (Phi) is 8.23. The van der Waals surface area contributed by atoms with E-state index < -0.39 is 44.4 Å². The number of anilines is 1. The van der Waals surface area contributed by atoms with Crippen LogP contribution in [0.3, 0.4) is 0 Å². The molecule has 0 bridgehead atoms. The Bertz CT molecular complexity index is 1300. The lowest BCUT2D eigenvalue weighted by Gasteiger charge is -2.24. The molecular formula is C23H28N5O8P. The van der Waals surface area contributed by atoms with E-state index in [1.807, 2.05) is 43.3 Å². The van der Waals surface area contributed by atoms with Crippen LogP contribution in [0.5, 0.6) is 0 Å². The number of hydrogen-bond acceptors (Lipinski definition) is 11. The quantitative estimate of drug-likeness (QED) is 0.258. The van der Waals surface area contributed by atoms with E-state index in [9.17, 15) is 24.9 Å². The maximum Gasteiger partial charge on any atom is 0.472 e. The second-order valence-corrected chi connectivity index (χ2v) is 9.94. The number of phosphoric acid groups is 1. The number of aliphatic hydroxyl groups excluding tert-OH is 2. The molecule has 3 heterocycles. The van der Waals surface area contributed by atoms with Crippen LogP contribution in [0.1, 0.15) is 24.6 Å². The van der Waals surface area contributed by atoms with Gasteiger partial charge in [-0.1, -0.05) is 37.3 Å². The van der Waals surface area contributed by atoms with Crippen LogP contribution in [-0.4, -0.2) is 67.3 Å². The second-order valence-electron chi connectivity index (χ2n) is 8.49. The highest BCUT2D eigenvalue weighted by atomic mass is 31.2. The molecule has 198 valence electrons. The number of aliphatic hydroxyl groups is 2. The summed E-state index contributed by atoms with van der Waals surface area (Å²) in [6, 6.07) is 14.3. The number of fused-ring (bicyclic) bond motifs is 1. The summed E-state index contributed by atoms with van der Waals surface area (Å²) in [5, 5.41) is 35.3. The number of nitrogens with zero attached hydrogens (tertiary/aromatic N) is 4. The van der Waals surface area contributed by atoms with Crippen LogP contribution >= 0.6 is 7.82 Å². The fourth-order valence-corrected chi connectivity index (χ4v) is 4.77. The molecule has 0 spiro atoms. The van der Waals surface area contributed by atoms with E-state index in [1.165, 1.54) is 23.0 Å². The smallest absolute Gasteiger partial charge is 0.387 e. The molecule has 5 N–H and O–H groups in total. The highest BCUT2D eigenvalue weighted by molar-refractivity contribution is 7.47. The number of aromatic nitrogens is 3. The molecular weight excluding hydrogens is 505 g/mol. The Morgan fingerprint density at radius 3 is 2.73 bits per heavy atom. The second kappa shape index (κ2) is 11.2. The van der Waals surface area contributed by atoms with E-state index in [-0.39, 0.29) is 18.1 Å². The van der Waals surface area contributed by atoms with E-state index in [0.717, 1.165) is 5.56 Å². The molecule has 2 aromatic heterocycles. The van der Waals surface area contributed by atoms with Crippen molar-refractivity contribution in [2.45, 2.75) is 50.0 Å². The Balaban J connectivity index is 1.38. The van der Waals surface area contributed by atoms with E-state index in [0.29, 0.717) is 18.5 Å². The average molecular weight is 533 g/mol. The van der Waals surface area contributed by atoms with Crippen molar-refractivity contribution in [3.8, 4) is 6.07 Å². The molecule has 0 aliphatic carbocycles. The van der Waals surface area contributed by atoms with Gasteiger partial charge in [-0.25, -0.2) is 14.1 Å². The monoisotopic (exact) mass is 533 g/mol. The summed E-state index contributed by atoms with van der Waals surface area (Å²) in [5.74, 6) is 0.138. The summed E-state index contributed by atoms with van der Waals surface area (Å²) in [4.78, 5) is 14.0. The van der Waals surface area contributed by atoms with Gasteiger partial charge in [0.1, 0.15) is 36.2 Å². The number of phosphoric ester groups is 1. The minimum atomic E-state index is -4.59. The number of nitriles is 1. The Labute approximate surface area is 212 Å². The molecule has 3 unspecified atom stereocenters. The molecule has 37 heavy (non-hydrogen) atoms. The standard InChI is InChI=1S/C23H28N5O8P/c1-2-16(33-10-15-6-4-3-5-7-15)11-34-37(31,32)35-12-18-20(29)21(30)23(13-24,36-18)19-9-8-17-22(25)26-14-27-28(17)19/h3-9,14,16,18,20-21,29-30H,2,10-12H2,1H3,(H,31,32)(H2,25,26,27)/t16?,18-,20?,21+,23+/m1/s1. The average Bonchev–Trinajstić information content (AvgIpc) is 3.44. The van der Waals surface area contributed by atoms with Crippen LogP contribution in [0.25, 0.3) is 5.52 Å². The van der Waals surface area contributed by atoms with E-state index in [2.05, 4.69) is 10.1 Å². The van der Waals surface area contributed by atoms with Crippen molar-refractivity contribution in [1.29, 1.82) is 5.26 Å². The molecule has 1 aliphatic heterocycles. The van der Waals surface area contributed by atoms with Crippen LogP contribution in [-0.2, 0) is 35.3 Å². The van der Waals surface area contributed by atoms with Gasteiger partial charge in [0, 0.05) is 0 Å². The van der Waals surface area contributed by atoms with Gasteiger partial charge < -0.3 is 30.3 Å². The third kappa shape index (κ3) is 5.67. The third-order valence-electron chi connectivity index (χ3n) is 6.10. The molecule has 0 amide bonds. The van der Waals surface area contributed by atoms with Gasteiger partial charge in [-0.05, 0) is 24.1 Å². The van der Waals surface area contributed by atoms with Gasteiger partial charge in [-0.3, -0.25) is 9.05 Å². The minimum absolute atomic E-state index is 0.0953. The zero-order valence-electron chi connectivity index (χ0n) is 20.0. The lowest BCUT2D eigenvalue weighted by atomic mass is 9.92. The van der Waals surface area contributed by atoms with Crippen LogP contribution < -0.4 is 5.73 Å². The van der Waals surface area contributed by atoms with Gasteiger partial charge in [0.25, 0.3) is 0 Å². The molecule has 3 aromatic rings. The van der Waals surface area contributed by atoms with Crippen molar-refractivity contribution in [3.05, 3.63) is 60.0 Å². The first-order valence-corrected chi connectivity index (χ1v) is 13.0. The first-order chi connectivity index (χ1) is 17.7. The van der Waals surface area contributed by atoms with Crippen molar-refractivity contribution in [2.24, 2.45) is 0 Å². The zero-order valence-corrected chi connectivity index (χ0v) is 20.8. The summed E-state index contributed by atoms with van der Waals surface area (Å²) in [6.45, 7) is 1.29. The molecule has 0 radical (unpaired) electrons. The van der Waals surface area contributed by atoms with E-state index >= 15 is 0 Å². The van der Waals surface area contributed by atoms with Crippen molar-refractivity contribution in [1.82, 2.24) is 14.6 Å². The summed E-state index contributed by atoms with van der Waals surface area (Å²) >= 11 is 0. The highest BCUT2D eigenvalue weighted by Gasteiger charge is 2.58. The lowest BCUT2D eigenvalue weighted by Crippen LogP contribution is -2.41. The molecule has 6 atom stereocenters. The Morgan fingerprint density at radius 2 is 2.03 bits per heavy atom. The molecule has 1 aliphatic rings. The third-order valence-corrected chi connectivity index (χ3v) is 7.05. The number of nitrogen functional groups attached to an aromatic ring is 1. The van der Waals surface area contributed by atoms with Gasteiger partial charge in [0.05, 0.1) is 31.6 Å². The molecule has 13 nitrogen and oxygen atoms in total. The number of rotatable bonds is 11. The van der Waals surface area contributed by atoms with E-state index in [4.69, 9.17) is 24.3 Å². The SMILES string of the molecule is CCC(COP(=O)(O)OC[C@H]1O[C@@](C#N)(c2ccc3c(N)ncnn23)[C@@H](O)C1O)OCc1ccccc1. The van der Waals surface area contributed by atoms with Crippen LogP contribution in [0, 0.1) is 11.3 Å². The predicted octanol–water partition coefficient (Wildman–Crippen LogP) is 1.28. The summed E-state index contributed by atoms with van der Waals surface area (Å²) in [5.41, 5.74) is 5.19. The number of nitrogens with two attached hydrogens (primary N) is 1. The Morgan fingerprint density at radius 1 is 1.27 bits per heavy atom. The summed E-state index contributed by atoms with van der Waals surface area (Å²) in [7, 11) is -4.59. The van der Waals surface area contributed by atoms with Crippen molar-refractivity contribution in [3.63, 3.8) is 0 Å².